The SMILES string of the molecule is O=C(CCn1cccn1)NC[C@H]1CCCN1C(=O)CCn1cccn1. The molecule has 8 nitrogen and oxygen atoms in total. The molecular weight excluding hydrogens is 320 g/mol. The van der Waals surface area contributed by atoms with E-state index in [0.29, 0.717) is 32.5 Å². The average molecular weight is 344 g/mol. The Morgan fingerprint density at radius 3 is 2.36 bits per heavy atom. The van der Waals surface area contributed by atoms with Crippen molar-refractivity contribution in [2.75, 3.05) is 13.1 Å². The Morgan fingerprint density at radius 1 is 1.04 bits per heavy atom. The van der Waals surface area contributed by atoms with Crippen molar-refractivity contribution in [2.45, 2.75) is 44.8 Å². The van der Waals surface area contributed by atoms with Crippen LogP contribution in [0.15, 0.2) is 36.9 Å². The fraction of sp³-hybridized carbons (Fsp3) is 0.529. The fourth-order valence-corrected chi connectivity index (χ4v) is 3.13. The van der Waals surface area contributed by atoms with E-state index in [-0.39, 0.29) is 17.9 Å². The molecule has 0 aliphatic carbocycles. The summed E-state index contributed by atoms with van der Waals surface area (Å²) >= 11 is 0. The Bertz CT molecular complexity index is 667. The molecule has 0 bridgehead atoms. The largest absolute Gasteiger partial charge is 0.354 e. The number of likely N-dealkylation sites (tertiary alicyclic amines) is 1. The van der Waals surface area contributed by atoms with Crippen LogP contribution in [0.2, 0.25) is 0 Å². The van der Waals surface area contributed by atoms with Crippen LogP contribution in [0.5, 0.6) is 0 Å². The van der Waals surface area contributed by atoms with E-state index in [1.165, 1.54) is 0 Å². The van der Waals surface area contributed by atoms with Gasteiger partial charge in [0.15, 0.2) is 0 Å². The van der Waals surface area contributed by atoms with Crippen LogP contribution in [0.3, 0.4) is 0 Å². The molecule has 1 aliphatic rings. The lowest BCUT2D eigenvalue weighted by atomic mass is 10.2. The zero-order valence-corrected chi connectivity index (χ0v) is 14.3. The average Bonchev–Trinajstić information content (AvgIpc) is 3.38. The van der Waals surface area contributed by atoms with E-state index >= 15 is 0 Å². The van der Waals surface area contributed by atoms with Gasteiger partial charge in [-0.2, -0.15) is 10.2 Å². The van der Waals surface area contributed by atoms with Gasteiger partial charge in [-0.15, -0.1) is 0 Å². The summed E-state index contributed by atoms with van der Waals surface area (Å²) in [6.07, 6.45) is 9.85. The summed E-state index contributed by atoms with van der Waals surface area (Å²) in [7, 11) is 0. The van der Waals surface area contributed by atoms with Crippen molar-refractivity contribution in [1.29, 1.82) is 0 Å². The highest BCUT2D eigenvalue weighted by atomic mass is 16.2. The van der Waals surface area contributed by atoms with Crippen molar-refractivity contribution >= 4 is 11.8 Å². The van der Waals surface area contributed by atoms with Crippen molar-refractivity contribution in [3.8, 4) is 0 Å². The molecule has 8 heteroatoms. The van der Waals surface area contributed by atoms with Crippen LogP contribution >= 0.6 is 0 Å². The van der Waals surface area contributed by atoms with Gasteiger partial charge in [0.1, 0.15) is 0 Å². The van der Waals surface area contributed by atoms with Crippen molar-refractivity contribution in [2.24, 2.45) is 0 Å². The summed E-state index contributed by atoms with van der Waals surface area (Å²) in [6, 6.07) is 3.78. The molecular formula is C17H24N6O2. The maximum absolute atomic E-state index is 12.4. The number of aryl methyl sites for hydroxylation is 2. The molecule has 1 fully saturated rings. The Kier molecular flexibility index (Phi) is 5.81. The molecule has 25 heavy (non-hydrogen) atoms. The van der Waals surface area contributed by atoms with E-state index in [2.05, 4.69) is 15.5 Å². The van der Waals surface area contributed by atoms with Gasteiger partial charge < -0.3 is 10.2 Å². The van der Waals surface area contributed by atoms with Gasteiger partial charge in [-0.25, -0.2) is 0 Å². The number of rotatable bonds is 8. The standard InChI is InChI=1S/C17H24N6O2/c24-16(5-12-21-9-2-7-19-21)18-14-15-4-1-11-23(15)17(25)6-13-22-10-3-8-20-22/h2-3,7-10,15H,1,4-6,11-14H2,(H,18,24)/t15-/m1/s1. The zero-order valence-electron chi connectivity index (χ0n) is 14.3. The summed E-state index contributed by atoms with van der Waals surface area (Å²) in [5.41, 5.74) is 0. The first kappa shape index (κ1) is 17.2. The normalized spacial score (nSPS) is 17.0. The molecule has 1 aliphatic heterocycles. The number of hydrogen-bond donors (Lipinski definition) is 1. The third kappa shape index (κ3) is 4.91. The number of carbonyl (C=O) groups excluding carboxylic acids is 2. The molecule has 2 aromatic heterocycles. The summed E-state index contributed by atoms with van der Waals surface area (Å²) in [5, 5.41) is 11.1. The number of nitrogens with one attached hydrogen (secondary N) is 1. The van der Waals surface area contributed by atoms with Gasteiger partial charge in [0, 0.05) is 69.8 Å². The predicted octanol–water partition coefficient (Wildman–Crippen LogP) is 0.667. The highest BCUT2D eigenvalue weighted by Crippen LogP contribution is 2.18. The van der Waals surface area contributed by atoms with Crippen molar-refractivity contribution in [1.82, 2.24) is 29.8 Å². The maximum Gasteiger partial charge on any atom is 0.224 e. The second-order valence-corrected chi connectivity index (χ2v) is 6.23. The number of carbonyl (C=O) groups is 2. The molecule has 3 heterocycles. The fourth-order valence-electron chi connectivity index (χ4n) is 3.13. The molecule has 0 radical (unpaired) electrons. The minimum atomic E-state index is -0.00802. The Labute approximate surface area is 146 Å². The first-order chi connectivity index (χ1) is 12.2. The molecule has 1 saturated heterocycles. The monoisotopic (exact) mass is 344 g/mol. The third-order valence-electron chi connectivity index (χ3n) is 4.47. The minimum Gasteiger partial charge on any atom is -0.354 e. The minimum absolute atomic E-state index is 0.00802. The Morgan fingerprint density at radius 2 is 1.72 bits per heavy atom. The van der Waals surface area contributed by atoms with E-state index in [1.807, 2.05) is 29.4 Å². The quantitative estimate of drug-likeness (QED) is 0.763. The van der Waals surface area contributed by atoms with Gasteiger partial charge in [0.05, 0.1) is 0 Å². The number of amides is 2. The van der Waals surface area contributed by atoms with Crippen LogP contribution in [0.4, 0.5) is 0 Å². The second kappa shape index (κ2) is 8.46. The second-order valence-electron chi connectivity index (χ2n) is 6.23. The van der Waals surface area contributed by atoms with E-state index < -0.39 is 0 Å². The summed E-state index contributed by atoms with van der Waals surface area (Å²) < 4.78 is 3.50. The van der Waals surface area contributed by atoms with Gasteiger partial charge in [-0.1, -0.05) is 0 Å². The third-order valence-corrected chi connectivity index (χ3v) is 4.47. The predicted molar refractivity (Wildman–Crippen MR) is 91.4 cm³/mol. The Hall–Kier alpha value is -2.64. The summed E-state index contributed by atoms with van der Waals surface area (Å²) in [5.74, 6) is 0.120. The topological polar surface area (TPSA) is 85.0 Å². The number of hydrogen-bond acceptors (Lipinski definition) is 4. The molecule has 0 spiro atoms. The highest BCUT2D eigenvalue weighted by Gasteiger charge is 2.28. The first-order valence-electron chi connectivity index (χ1n) is 8.73. The molecule has 3 rings (SSSR count). The van der Waals surface area contributed by atoms with Crippen LogP contribution in [-0.2, 0) is 22.7 Å². The smallest absolute Gasteiger partial charge is 0.224 e. The van der Waals surface area contributed by atoms with Crippen LogP contribution in [-0.4, -0.2) is 55.4 Å². The van der Waals surface area contributed by atoms with E-state index in [4.69, 9.17) is 0 Å². The lowest BCUT2D eigenvalue weighted by molar-refractivity contribution is -0.132. The van der Waals surface area contributed by atoms with Crippen LogP contribution < -0.4 is 5.32 Å². The molecule has 2 aromatic rings. The summed E-state index contributed by atoms with van der Waals surface area (Å²) in [4.78, 5) is 26.3. The van der Waals surface area contributed by atoms with Crippen molar-refractivity contribution in [3.05, 3.63) is 36.9 Å². The molecule has 2 amide bonds. The summed E-state index contributed by atoms with van der Waals surface area (Å²) in [6.45, 7) is 2.44. The number of aromatic nitrogens is 4. The van der Waals surface area contributed by atoms with Gasteiger partial charge in [-0.3, -0.25) is 19.0 Å². The van der Waals surface area contributed by atoms with Crippen LogP contribution in [0, 0.1) is 0 Å². The Balaban J connectivity index is 1.40. The molecule has 0 saturated carbocycles. The molecule has 134 valence electrons. The van der Waals surface area contributed by atoms with Crippen molar-refractivity contribution in [3.63, 3.8) is 0 Å². The maximum atomic E-state index is 12.4. The van der Waals surface area contributed by atoms with E-state index in [9.17, 15) is 9.59 Å². The molecule has 1 N–H and O–H groups in total. The zero-order chi connectivity index (χ0) is 17.5. The van der Waals surface area contributed by atoms with Gasteiger partial charge in [0.2, 0.25) is 11.8 Å². The first-order valence-corrected chi connectivity index (χ1v) is 8.73. The molecule has 0 aromatic carbocycles. The lowest BCUT2D eigenvalue weighted by Gasteiger charge is -2.25. The van der Waals surface area contributed by atoms with E-state index in [0.717, 1.165) is 19.4 Å². The van der Waals surface area contributed by atoms with Gasteiger partial charge in [0.25, 0.3) is 0 Å². The van der Waals surface area contributed by atoms with Crippen molar-refractivity contribution < 1.29 is 9.59 Å². The van der Waals surface area contributed by atoms with Crippen LogP contribution in [0.25, 0.3) is 0 Å². The molecule has 0 unspecified atom stereocenters. The van der Waals surface area contributed by atoms with Gasteiger partial charge >= 0.3 is 0 Å². The number of nitrogens with zero attached hydrogens (tertiary/aromatic N) is 5. The van der Waals surface area contributed by atoms with Crippen LogP contribution in [0.1, 0.15) is 25.7 Å². The van der Waals surface area contributed by atoms with E-state index in [1.54, 1.807) is 21.8 Å². The lowest BCUT2D eigenvalue weighted by Crippen LogP contribution is -2.43. The van der Waals surface area contributed by atoms with Gasteiger partial charge in [-0.05, 0) is 25.0 Å². The molecule has 1 atom stereocenters. The highest BCUT2D eigenvalue weighted by molar-refractivity contribution is 5.77.